The Kier molecular flexibility index (Phi) is 3.54. The zero-order valence-electron chi connectivity index (χ0n) is 14.9. The van der Waals surface area contributed by atoms with Gasteiger partial charge in [0.1, 0.15) is 5.54 Å². The highest BCUT2D eigenvalue weighted by Gasteiger charge is 2.49. The predicted molar refractivity (Wildman–Crippen MR) is 96.1 cm³/mol. The van der Waals surface area contributed by atoms with Gasteiger partial charge in [0.05, 0.1) is 18.3 Å². The molecule has 2 aromatic heterocycles. The molecule has 3 aromatic rings. The topological polar surface area (TPSA) is 80.1 Å². The Morgan fingerprint density at radius 3 is 2.73 bits per heavy atom. The van der Waals surface area contributed by atoms with Crippen molar-refractivity contribution in [1.82, 2.24) is 25.0 Å². The summed E-state index contributed by atoms with van der Waals surface area (Å²) in [5.41, 5.74) is 2.15. The van der Waals surface area contributed by atoms with Gasteiger partial charge in [-0.25, -0.2) is 4.79 Å². The molecule has 3 heterocycles. The Morgan fingerprint density at radius 1 is 1.23 bits per heavy atom. The number of urea groups is 1. The number of rotatable bonds is 3. The second-order valence-corrected chi connectivity index (χ2v) is 6.79. The first-order chi connectivity index (χ1) is 12.4. The summed E-state index contributed by atoms with van der Waals surface area (Å²) in [4.78, 5) is 31.4. The molecule has 1 saturated heterocycles. The molecule has 1 unspecified atom stereocenters. The number of carbonyl (C=O) groups excluding carboxylic acids is 2. The maximum absolute atomic E-state index is 13.1. The standard InChI is InChI=1S/C19H19N5O2/c1-12-8-13(15-6-4-5-7-16(15)21-12)10-24-17(25)19(2,22-18(24)26)14-9-20-23(3)11-14/h4-9,11H,10H2,1-3H3,(H,22,26). The molecule has 0 spiro atoms. The van der Waals surface area contributed by atoms with Crippen molar-refractivity contribution in [2.24, 2.45) is 7.05 Å². The number of para-hydroxylation sites is 1. The number of imide groups is 1. The maximum atomic E-state index is 13.1. The van der Waals surface area contributed by atoms with E-state index in [0.29, 0.717) is 5.56 Å². The van der Waals surface area contributed by atoms with Crippen LogP contribution >= 0.6 is 0 Å². The van der Waals surface area contributed by atoms with Crippen LogP contribution in [0.4, 0.5) is 4.79 Å². The normalized spacial score (nSPS) is 20.0. The number of aromatic nitrogens is 3. The van der Waals surface area contributed by atoms with Crippen molar-refractivity contribution in [2.45, 2.75) is 25.9 Å². The van der Waals surface area contributed by atoms with Gasteiger partial charge in [-0.3, -0.25) is 19.4 Å². The smallest absolute Gasteiger partial charge is 0.319 e. The summed E-state index contributed by atoms with van der Waals surface area (Å²) < 4.78 is 1.61. The highest BCUT2D eigenvalue weighted by atomic mass is 16.2. The Morgan fingerprint density at radius 2 is 2.00 bits per heavy atom. The van der Waals surface area contributed by atoms with E-state index >= 15 is 0 Å². The number of benzene rings is 1. The predicted octanol–water partition coefficient (Wildman–Crippen LogP) is 2.24. The van der Waals surface area contributed by atoms with Crippen molar-refractivity contribution in [2.75, 3.05) is 0 Å². The highest BCUT2D eigenvalue weighted by Crippen LogP contribution is 2.30. The minimum Gasteiger partial charge on any atom is -0.319 e. The van der Waals surface area contributed by atoms with Crippen LogP contribution in [0.5, 0.6) is 0 Å². The second kappa shape index (κ2) is 5.66. The van der Waals surface area contributed by atoms with E-state index in [2.05, 4.69) is 15.4 Å². The number of fused-ring (bicyclic) bond motifs is 1. The lowest BCUT2D eigenvalue weighted by atomic mass is 9.95. The summed E-state index contributed by atoms with van der Waals surface area (Å²) in [6.45, 7) is 3.81. The molecule has 7 nitrogen and oxygen atoms in total. The lowest BCUT2D eigenvalue weighted by molar-refractivity contribution is -0.131. The minimum atomic E-state index is -1.11. The van der Waals surface area contributed by atoms with Crippen molar-refractivity contribution < 1.29 is 9.59 Å². The van der Waals surface area contributed by atoms with Gasteiger partial charge in [-0.2, -0.15) is 5.10 Å². The van der Waals surface area contributed by atoms with Gasteiger partial charge < -0.3 is 5.32 Å². The van der Waals surface area contributed by atoms with E-state index in [0.717, 1.165) is 22.2 Å². The molecule has 0 saturated carbocycles. The molecule has 3 amide bonds. The third kappa shape index (κ3) is 2.44. The number of amides is 3. The molecule has 1 aliphatic rings. The van der Waals surface area contributed by atoms with E-state index in [1.165, 1.54) is 4.90 Å². The van der Waals surface area contributed by atoms with Crippen molar-refractivity contribution in [1.29, 1.82) is 0 Å². The molecule has 4 rings (SSSR count). The first kappa shape index (κ1) is 16.3. The zero-order chi connectivity index (χ0) is 18.5. The van der Waals surface area contributed by atoms with Crippen LogP contribution in [-0.2, 0) is 23.9 Å². The van der Waals surface area contributed by atoms with Crippen LogP contribution in [0, 0.1) is 6.92 Å². The molecule has 0 bridgehead atoms. The fourth-order valence-corrected chi connectivity index (χ4v) is 3.41. The summed E-state index contributed by atoms with van der Waals surface area (Å²) in [6, 6.07) is 9.25. The van der Waals surface area contributed by atoms with Crippen LogP contribution in [0.1, 0.15) is 23.7 Å². The molecule has 1 aliphatic heterocycles. The third-order valence-corrected chi connectivity index (χ3v) is 4.82. The van der Waals surface area contributed by atoms with Crippen molar-refractivity contribution in [3.05, 3.63) is 59.5 Å². The number of aryl methyl sites for hydroxylation is 2. The van der Waals surface area contributed by atoms with Crippen LogP contribution in [0.2, 0.25) is 0 Å². The molecule has 0 radical (unpaired) electrons. The van der Waals surface area contributed by atoms with Crippen molar-refractivity contribution in [3.63, 3.8) is 0 Å². The van der Waals surface area contributed by atoms with Gasteiger partial charge in [-0.05, 0) is 31.5 Å². The van der Waals surface area contributed by atoms with Gasteiger partial charge in [-0.15, -0.1) is 0 Å². The van der Waals surface area contributed by atoms with Crippen LogP contribution in [0.3, 0.4) is 0 Å². The monoisotopic (exact) mass is 349 g/mol. The van der Waals surface area contributed by atoms with E-state index in [9.17, 15) is 9.59 Å². The number of nitrogens with zero attached hydrogens (tertiary/aromatic N) is 4. The van der Waals surface area contributed by atoms with Crippen LogP contribution in [0.25, 0.3) is 10.9 Å². The fraction of sp³-hybridized carbons (Fsp3) is 0.263. The fourth-order valence-electron chi connectivity index (χ4n) is 3.41. The molecule has 7 heteroatoms. The zero-order valence-corrected chi connectivity index (χ0v) is 14.9. The van der Waals surface area contributed by atoms with Crippen molar-refractivity contribution >= 4 is 22.8 Å². The molecule has 1 fully saturated rings. The van der Waals surface area contributed by atoms with Gasteiger partial charge in [0.25, 0.3) is 5.91 Å². The minimum absolute atomic E-state index is 0.199. The number of hydrogen-bond acceptors (Lipinski definition) is 4. The second-order valence-electron chi connectivity index (χ2n) is 6.79. The molecular formula is C19H19N5O2. The van der Waals surface area contributed by atoms with Gasteiger partial charge in [0, 0.05) is 29.9 Å². The van der Waals surface area contributed by atoms with Crippen LogP contribution in [0.15, 0.2) is 42.7 Å². The summed E-state index contributed by atoms with van der Waals surface area (Å²) in [5.74, 6) is -0.283. The van der Waals surface area contributed by atoms with E-state index in [4.69, 9.17) is 0 Å². The first-order valence-electron chi connectivity index (χ1n) is 8.37. The van der Waals surface area contributed by atoms with E-state index in [1.54, 1.807) is 31.0 Å². The van der Waals surface area contributed by atoms with E-state index in [1.807, 2.05) is 37.3 Å². The average Bonchev–Trinajstić information content (AvgIpc) is 3.13. The van der Waals surface area contributed by atoms with Gasteiger partial charge in [0.15, 0.2) is 0 Å². The van der Waals surface area contributed by atoms with Crippen LogP contribution in [-0.4, -0.2) is 31.6 Å². The number of hydrogen-bond donors (Lipinski definition) is 1. The molecule has 1 atom stereocenters. The summed E-state index contributed by atoms with van der Waals surface area (Å²) in [5, 5.41) is 7.86. The molecule has 26 heavy (non-hydrogen) atoms. The maximum Gasteiger partial charge on any atom is 0.325 e. The van der Waals surface area contributed by atoms with Gasteiger partial charge >= 0.3 is 6.03 Å². The summed E-state index contributed by atoms with van der Waals surface area (Å²) >= 11 is 0. The van der Waals surface area contributed by atoms with E-state index in [-0.39, 0.29) is 12.5 Å². The molecule has 132 valence electrons. The third-order valence-electron chi connectivity index (χ3n) is 4.82. The lowest BCUT2D eigenvalue weighted by Gasteiger charge is -2.20. The molecule has 1 N–H and O–H groups in total. The Labute approximate surface area is 150 Å². The van der Waals surface area contributed by atoms with Gasteiger partial charge in [-0.1, -0.05) is 18.2 Å². The van der Waals surface area contributed by atoms with Crippen LogP contribution < -0.4 is 5.32 Å². The Hall–Kier alpha value is -3.22. The van der Waals surface area contributed by atoms with Crippen molar-refractivity contribution in [3.8, 4) is 0 Å². The summed E-state index contributed by atoms with van der Waals surface area (Å²) in [6.07, 6.45) is 3.35. The lowest BCUT2D eigenvalue weighted by Crippen LogP contribution is -2.40. The number of nitrogens with one attached hydrogen (secondary N) is 1. The quantitative estimate of drug-likeness (QED) is 0.736. The van der Waals surface area contributed by atoms with E-state index < -0.39 is 11.6 Å². The molecule has 0 aliphatic carbocycles. The molecular weight excluding hydrogens is 330 g/mol. The Bertz CT molecular complexity index is 1040. The number of pyridine rings is 1. The largest absolute Gasteiger partial charge is 0.325 e. The summed E-state index contributed by atoms with van der Waals surface area (Å²) in [7, 11) is 1.78. The SMILES string of the molecule is Cc1cc(CN2C(=O)NC(C)(c3cnn(C)c3)C2=O)c2ccccc2n1. The van der Waals surface area contributed by atoms with Gasteiger partial charge in [0.2, 0.25) is 0 Å². The first-order valence-corrected chi connectivity index (χ1v) is 8.37. The highest BCUT2D eigenvalue weighted by molar-refractivity contribution is 6.07. The Balaban J connectivity index is 1.72. The average molecular weight is 349 g/mol. The number of carbonyl (C=O) groups is 2. The molecule has 1 aromatic carbocycles.